The molecule has 0 aromatic carbocycles. The van der Waals surface area contributed by atoms with Crippen molar-refractivity contribution < 1.29 is 23.8 Å². The predicted octanol–water partition coefficient (Wildman–Crippen LogP) is 0.0652. The first-order chi connectivity index (χ1) is 5.77. The molecule has 13 heavy (non-hydrogen) atoms. The lowest BCUT2D eigenvalue weighted by atomic mass is 10.2. The van der Waals surface area contributed by atoms with Crippen LogP contribution in [0.1, 0.15) is 13.8 Å². The van der Waals surface area contributed by atoms with Crippen molar-refractivity contribution in [3.8, 4) is 0 Å². The molecule has 0 amide bonds. The van der Waals surface area contributed by atoms with Crippen molar-refractivity contribution >= 4 is 5.97 Å². The van der Waals surface area contributed by atoms with Crippen LogP contribution in [0, 0.1) is 0 Å². The summed E-state index contributed by atoms with van der Waals surface area (Å²) >= 11 is 0. The molecule has 4 nitrogen and oxygen atoms in total. The predicted molar refractivity (Wildman–Crippen MR) is 41.7 cm³/mol. The molecular formula is C7H13F2NO3. The fourth-order valence-electron chi connectivity index (χ4n) is 0.535. The molecule has 2 atom stereocenters. The molecule has 0 bridgehead atoms. The fraction of sp³-hybridized carbons (Fsp3) is 0.857. The molecule has 0 saturated carbocycles. The van der Waals surface area contributed by atoms with Crippen molar-refractivity contribution in [3.63, 3.8) is 0 Å². The molecule has 0 fully saturated rings. The standard InChI is InChI=1S/C7H13F2NO3/c1-4(5(2)11)10-3-7(8,9)6(12)13/h4-5,10-11H,3H2,1-2H3,(H,12,13). The molecule has 0 aromatic heterocycles. The maximum atomic E-state index is 12.4. The van der Waals surface area contributed by atoms with E-state index < -0.39 is 30.6 Å². The van der Waals surface area contributed by atoms with E-state index in [1.807, 2.05) is 0 Å². The van der Waals surface area contributed by atoms with Gasteiger partial charge in [0.15, 0.2) is 0 Å². The maximum Gasteiger partial charge on any atom is 0.375 e. The van der Waals surface area contributed by atoms with Crippen molar-refractivity contribution in [1.29, 1.82) is 0 Å². The number of aliphatic carboxylic acids is 1. The van der Waals surface area contributed by atoms with Gasteiger partial charge < -0.3 is 15.5 Å². The summed E-state index contributed by atoms with van der Waals surface area (Å²) in [7, 11) is 0. The van der Waals surface area contributed by atoms with E-state index in [9.17, 15) is 13.6 Å². The molecule has 0 aliphatic carbocycles. The molecule has 2 unspecified atom stereocenters. The number of carbonyl (C=O) groups is 1. The zero-order chi connectivity index (χ0) is 10.6. The number of carboxylic acid groups (broad SMARTS) is 1. The highest BCUT2D eigenvalue weighted by Gasteiger charge is 2.38. The van der Waals surface area contributed by atoms with E-state index in [1.165, 1.54) is 13.8 Å². The molecule has 0 heterocycles. The van der Waals surface area contributed by atoms with Crippen molar-refractivity contribution in [2.75, 3.05) is 6.54 Å². The third kappa shape index (κ3) is 4.14. The number of nitrogens with one attached hydrogen (secondary N) is 1. The minimum atomic E-state index is -3.79. The number of carboxylic acids is 1. The van der Waals surface area contributed by atoms with Crippen LogP contribution in [0.15, 0.2) is 0 Å². The second-order valence-electron chi connectivity index (χ2n) is 2.92. The SMILES string of the molecule is CC(O)C(C)NCC(F)(F)C(=O)O. The Morgan fingerprint density at radius 2 is 2.00 bits per heavy atom. The second-order valence-corrected chi connectivity index (χ2v) is 2.92. The molecule has 6 heteroatoms. The van der Waals surface area contributed by atoms with Crippen molar-refractivity contribution in [2.45, 2.75) is 31.9 Å². The topological polar surface area (TPSA) is 69.6 Å². The van der Waals surface area contributed by atoms with Gasteiger partial charge in [-0.15, -0.1) is 0 Å². The van der Waals surface area contributed by atoms with Gasteiger partial charge in [0.1, 0.15) is 0 Å². The van der Waals surface area contributed by atoms with Crippen molar-refractivity contribution in [2.24, 2.45) is 0 Å². The summed E-state index contributed by atoms with van der Waals surface area (Å²) in [6, 6.07) is -0.565. The van der Waals surface area contributed by atoms with Gasteiger partial charge in [0.05, 0.1) is 12.6 Å². The normalized spacial score (nSPS) is 16.7. The first-order valence-electron chi connectivity index (χ1n) is 3.80. The zero-order valence-electron chi connectivity index (χ0n) is 7.42. The lowest BCUT2D eigenvalue weighted by Gasteiger charge is -2.19. The Morgan fingerprint density at radius 3 is 2.31 bits per heavy atom. The average molecular weight is 197 g/mol. The van der Waals surface area contributed by atoms with Crippen LogP contribution in [-0.4, -0.2) is 40.8 Å². The molecule has 0 saturated heterocycles. The highest BCUT2D eigenvalue weighted by atomic mass is 19.3. The van der Waals surface area contributed by atoms with Gasteiger partial charge in [-0.25, -0.2) is 4.79 Å². The number of hydrogen-bond acceptors (Lipinski definition) is 3. The van der Waals surface area contributed by atoms with Gasteiger partial charge in [0.2, 0.25) is 0 Å². The quantitative estimate of drug-likeness (QED) is 0.583. The Bertz CT molecular complexity index is 185. The third-order valence-electron chi connectivity index (χ3n) is 1.68. The third-order valence-corrected chi connectivity index (χ3v) is 1.68. The first kappa shape index (κ1) is 12.2. The van der Waals surface area contributed by atoms with E-state index >= 15 is 0 Å². The number of hydrogen-bond donors (Lipinski definition) is 3. The van der Waals surface area contributed by atoms with Gasteiger partial charge in [-0.1, -0.05) is 0 Å². The minimum Gasteiger partial charge on any atom is -0.477 e. The largest absolute Gasteiger partial charge is 0.477 e. The molecule has 78 valence electrons. The van der Waals surface area contributed by atoms with Crippen LogP contribution in [0.4, 0.5) is 8.78 Å². The monoisotopic (exact) mass is 197 g/mol. The van der Waals surface area contributed by atoms with Crippen LogP contribution < -0.4 is 5.32 Å². The van der Waals surface area contributed by atoms with Crippen LogP contribution >= 0.6 is 0 Å². The number of rotatable bonds is 5. The van der Waals surface area contributed by atoms with Crippen molar-refractivity contribution in [1.82, 2.24) is 5.32 Å². The Kier molecular flexibility index (Phi) is 4.22. The highest BCUT2D eigenvalue weighted by Crippen LogP contribution is 2.12. The van der Waals surface area contributed by atoms with Gasteiger partial charge in [0.25, 0.3) is 0 Å². The zero-order valence-corrected chi connectivity index (χ0v) is 7.42. The van der Waals surface area contributed by atoms with Gasteiger partial charge >= 0.3 is 11.9 Å². The molecular weight excluding hydrogens is 184 g/mol. The van der Waals surface area contributed by atoms with Crippen LogP contribution in [0.3, 0.4) is 0 Å². The number of alkyl halides is 2. The summed E-state index contributed by atoms with van der Waals surface area (Å²) < 4.78 is 24.9. The lowest BCUT2D eigenvalue weighted by Crippen LogP contribution is -2.46. The lowest BCUT2D eigenvalue weighted by molar-refractivity contribution is -0.164. The Morgan fingerprint density at radius 1 is 1.54 bits per heavy atom. The highest BCUT2D eigenvalue weighted by molar-refractivity contribution is 5.75. The number of aliphatic hydroxyl groups is 1. The van der Waals surface area contributed by atoms with Crippen LogP contribution in [0.5, 0.6) is 0 Å². The van der Waals surface area contributed by atoms with Crippen molar-refractivity contribution in [3.05, 3.63) is 0 Å². The van der Waals surface area contributed by atoms with E-state index in [-0.39, 0.29) is 0 Å². The van der Waals surface area contributed by atoms with E-state index in [0.29, 0.717) is 0 Å². The second kappa shape index (κ2) is 4.48. The molecule has 0 aromatic rings. The minimum absolute atomic E-state index is 0.565. The van der Waals surface area contributed by atoms with Crippen LogP contribution in [-0.2, 0) is 4.79 Å². The van der Waals surface area contributed by atoms with Gasteiger partial charge in [-0.2, -0.15) is 8.78 Å². The summed E-state index contributed by atoms with van der Waals surface area (Å²) in [5.41, 5.74) is 0. The molecule has 0 aliphatic heterocycles. The fourth-order valence-corrected chi connectivity index (χ4v) is 0.535. The summed E-state index contributed by atoms with van der Waals surface area (Å²) in [6.45, 7) is 1.94. The van der Waals surface area contributed by atoms with Gasteiger partial charge in [-0.3, -0.25) is 0 Å². The molecule has 0 aliphatic rings. The van der Waals surface area contributed by atoms with E-state index in [4.69, 9.17) is 10.2 Å². The van der Waals surface area contributed by atoms with E-state index in [0.717, 1.165) is 0 Å². The molecule has 0 radical (unpaired) electrons. The first-order valence-corrected chi connectivity index (χ1v) is 3.80. The summed E-state index contributed by atoms with van der Waals surface area (Å²) in [5, 5.41) is 19.2. The Labute approximate surface area is 74.6 Å². The van der Waals surface area contributed by atoms with Crippen LogP contribution in [0.25, 0.3) is 0 Å². The Hall–Kier alpha value is -0.750. The van der Waals surface area contributed by atoms with Crippen LogP contribution in [0.2, 0.25) is 0 Å². The maximum absolute atomic E-state index is 12.4. The molecule has 0 spiro atoms. The smallest absolute Gasteiger partial charge is 0.375 e. The van der Waals surface area contributed by atoms with Gasteiger partial charge in [0, 0.05) is 6.04 Å². The number of halogens is 2. The average Bonchev–Trinajstić information content (AvgIpc) is 1.99. The molecule has 0 rings (SSSR count). The summed E-state index contributed by atoms with van der Waals surface area (Å²) in [4.78, 5) is 9.95. The summed E-state index contributed by atoms with van der Waals surface area (Å²) in [5.74, 6) is -5.96. The Balaban J connectivity index is 3.95. The van der Waals surface area contributed by atoms with E-state index in [2.05, 4.69) is 5.32 Å². The van der Waals surface area contributed by atoms with Gasteiger partial charge in [-0.05, 0) is 13.8 Å². The summed E-state index contributed by atoms with van der Waals surface area (Å²) in [6.07, 6.45) is -0.801. The number of aliphatic hydroxyl groups excluding tert-OH is 1. The van der Waals surface area contributed by atoms with E-state index in [1.54, 1.807) is 0 Å². The molecule has 3 N–H and O–H groups in total.